The number of fused-ring (bicyclic) bond motifs is 1. The molecule has 0 bridgehead atoms. The van der Waals surface area contributed by atoms with Crippen molar-refractivity contribution in [2.45, 2.75) is 58.0 Å². The maximum atomic E-state index is 12.4. The van der Waals surface area contributed by atoms with E-state index in [2.05, 4.69) is 12.1 Å². The zero-order chi connectivity index (χ0) is 21.0. The summed E-state index contributed by atoms with van der Waals surface area (Å²) in [5.41, 5.74) is 3.73. The zero-order valence-electron chi connectivity index (χ0n) is 17.4. The van der Waals surface area contributed by atoms with E-state index >= 15 is 0 Å². The lowest BCUT2D eigenvalue weighted by atomic mass is 9.85. The van der Waals surface area contributed by atoms with Gasteiger partial charge in [0.05, 0.1) is 5.41 Å². The number of rotatable bonds is 9. The Labute approximate surface area is 172 Å². The number of anilines is 1. The molecule has 1 aliphatic rings. The van der Waals surface area contributed by atoms with E-state index in [1.807, 2.05) is 51.2 Å². The molecule has 3 rings (SSSR count). The van der Waals surface area contributed by atoms with Gasteiger partial charge in [-0.25, -0.2) is 0 Å². The third-order valence-electron chi connectivity index (χ3n) is 5.60. The highest BCUT2D eigenvalue weighted by molar-refractivity contribution is 6.07. The first-order chi connectivity index (χ1) is 13.8. The highest BCUT2D eigenvalue weighted by Crippen LogP contribution is 2.41. The van der Waals surface area contributed by atoms with E-state index in [4.69, 9.17) is 9.84 Å². The molecule has 1 aliphatic heterocycles. The van der Waals surface area contributed by atoms with Crippen LogP contribution in [0.5, 0.6) is 5.75 Å². The van der Waals surface area contributed by atoms with Gasteiger partial charge in [0.1, 0.15) is 12.4 Å². The monoisotopic (exact) mass is 395 g/mol. The minimum atomic E-state index is -0.730. The molecule has 0 unspecified atom stereocenters. The van der Waals surface area contributed by atoms with Crippen LogP contribution in [0.2, 0.25) is 0 Å². The maximum Gasteiger partial charge on any atom is 0.303 e. The molecule has 0 radical (unpaired) electrons. The molecule has 0 fully saturated rings. The van der Waals surface area contributed by atoms with E-state index in [1.165, 1.54) is 5.56 Å². The predicted molar refractivity (Wildman–Crippen MR) is 113 cm³/mol. The van der Waals surface area contributed by atoms with Crippen LogP contribution in [0.25, 0.3) is 0 Å². The van der Waals surface area contributed by atoms with Gasteiger partial charge in [0.15, 0.2) is 0 Å². The highest BCUT2D eigenvalue weighted by Gasteiger charge is 2.42. The van der Waals surface area contributed by atoms with Crippen molar-refractivity contribution in [2.75, 3.05) is 11.9 Å². The average molecular weight is 395 g/mol. The van der Waals surface area contributed by atoms with Crippen LogP contribution in [0.3, 0.4) is 0 Å². The first-order valence-corrected chi connectivity index (χ1v) is 10.1. The molecule has 2 aromatic rings. The molecule has 0 spiro atoms. The number of carboxylic acid groups (broad SMARTS) is 1. The molecule has 29 heavy (non-hydrogen) atoms. The molecule has 5 heteroatoms. The molecule has 0 atom stereocenters. The normalized spacial score (nSPS) is 14.7. The average Bonchev–Trinajstić information content (AvgIpc) is 2.86. The molecule has 0 aromatic heterocycles. The van der Waals surface area contributed by atoms with Gasteiger partial charge in [-0.2, -0.15) is 0 Å². The second-order valence-corrected chi connectivity index (χ2v) is 8.23. The van der Waals surface area contributed by atoms with E-state index in [0.717, 1.165) is 48.2 Å². The van der Waals surface area contributed by atoms with Crippen LogP contribution in [0.1, 0.15) is 56.2 Å². The molecular formula is C24H29NO4. The highest BCUT2D eigenvalue weighted by atomic mass is 16.5. The molecular weight excluding hydrogens is 366 g/mol. The number of likely N-dealkylation sites (N-methyl/N-ethyl adjacent to an activating group) is 1. The third-order valence-corrected chi connectivity index (χ3v) is 5.60. The van der Waals surface area contributed by atoms with E-state index in [0.29, 0.717) is 6.61 Å². The molecule has 0 saturated heterocycles. The van der Waals surface area contributed by atoms with Crippen molar-refractivity contribution in [1.29, 1.82) is 0 Å². The van der Waals surface area contributed by atoms with Crippen LogP contribution in [0.15, 0.2) is 42.5 Å². The number of ether oxygens (including phenoxy) is 1. The van der Waals surface area contributed by atoms with Crippen molar-refractivity contribution in [1.82, 2.24) is 0 Å². The van der Waals surface area contributed by atoms with Crippen LogP contribution in [-0.2, 0) is 28.0 Å². The summed E-state index contributed by atoms with van der Waals surface area (Å²) in [5, 5.41) is 8.69. The van der Waals surface area contributed by atoms with Gasteiger partial charge in [-0.15, -0.1) is 0 Å². The molecule has 0 aliphatic carbocycles. The Kier molecular flexibility index (Phi) is 6.26. The third kappa shape index (κ3) is 4.78. The summed E-state index contributed by atoms with van der Waals surface area (Å²) in [4.78, 5) is 24.7. The van der Waals surface area contributed by atoms with Gasteiger partial charge in [0.25, 0.3) is 0 Å². The molecule has 2 aromatic carbocycles. The quantitative estimate of drug-likeness (QED) is 0.625. The Balaban J connectivity index is 1.58. The molecule has 1 amide bonds. The van der Waals surface area contributed by atoms with Crippen LogP contribution < -0.4 is 9.64 Å². The van der Waals surface area contributed by atoms with Crippen LogP contribution >= 0.6 is 0 Å². The lowest BCUT2D eigenvalue weighted by molar-refractivity contribution is -0.137. The summed E-state index contributed by atoms with van der Waals surface area (Å²) in [7, 11) is 1.82. The number of carbonyl (C=O) groups excluding carboxylic acids is 1. The molecule has 1 heterocycles. The number of aryl methyl sites for hydroxylation is 1. The largest absolute Gasteiger partial charge is 0.489 e. The Bertz CT molecular complexity index is 904. The number of carboxylic acids is 1. The lowest BCUT2D eigenvalue weighted by Crippen LogP contribution is -2.33. The van der Waals surface area contributed by atoms with E-state index in [-0.39, 0.29) is 12.3 Å². The van der Waals surface area contributed by atoms with Crippen molar-refractivity contribution in [3.8, 4) is 5.75 Å². The minimum Gasteiger partial charge on any atom is -0.489 e. The van der Waals surface area contributed by atoms with Crippen LogP contribution in [-0.4, -0.2) is 24.0 Å². The Hall–Kier alpha value is -2.82. The van der Waals surface area contributed by atoms with Crippen LogP contribution in [0.4, 0.5) is 5.69 Å². The predicted octanol–water partition coefficient (Wildman–Crippen LogP) is 4.71. The van der Waals surface area contributed by atoms with Gasteiger partial charge in [-0.1, -0.05) is 24.6 Å². The maximum absolute atomic E-state index is 12.4. The smallest absolute Gasteiger partial charge is 0.303 e. The molecule has 0 saturated carbocycles. The summed E-state index contributed by atoms with van der Waals surface area (Å²) in [6.45, 7) is 4.37. The Morgan fingerprint density at radius 1 is 1.07 bits per heavy atom. The summed E-state index contributed by atoms with van der Waals surface area (Å²) >= 11 is 0. The number of nitrogens with zero attached hydrogens (tertiary/aromatic N) is 1. The number of benzene rings is 2. The van der Waals surface area contributed by atoms with Crippen molar-refractivity contribution < 1.29 is 19.4 Å². The fraction of sp³-hybridized carbons (Fsp3) is 0.417. The number of amides is 1. The van der Waals surface area contributed by atoms with Gasteiger partial charge in [-0.05, 0) is 74.1 Å². The SMILES string of the molecule is CN1C(=O)C(C)(C)c2cc(COc3cccc(CCCCCC(=O)O)c3)ccc21. The Morgan fingerprint density at radius 3 is 2.62 bits per heavy atom. The summed E-state index contributed by atoms with van der Waals surface area (Å²) in [6, 6.07) is 14.1. The van der Waals surface area contributed by atoms with Crippen molar-refractivity contribution >= 4 is 17.6 Å². The summed E-state index contributed by atoms with van der Waals surface area (Å²) in [5.74, 6) is 0.203. The first kappa shape index (κ1) is 20.9. The van der Waals surface area contributed by atoms with Gasteiger partial charge in [-0.3, -0.25) is 9.59 Å². The van der Waals surface area contributed by atoms with Crippen LogP contribution in [0, 0.1) is 0 Å². The standard InChI is InChI=1S/C24H29NO4/c1-24(2)20-15-18(12-13-21(20)25(3)23(24)28)16-29-19-10-7-9-17(14-19)8-5-4-6-11-22(26)27/h7,9-10,12-15H,4-6,8,11,16H2,1-3H3,(H,26,27). The number of hydrogen-bond acceptors (Lipinski definition) is 3. The fourth-order valence-corrected chi connectivity index (χ4v) is 3.85. The van der Waals surface area contributed by atoms with Crippen molar-refractivity contribution in [3.05, 3.63) is 59.2 Å². The van der Waals surface area contributed by atoms with E-state index in [1.54, 1.807) is 4.90 Å². The second-order valence-electron chi connectivity index (χ2n) is 8.23. The molecule has 154 valence electrons. The van der Waals surface area contributed by atoms with Gasteiger partial charge < -0.3 is 14.7 Å². The van der Waals surface area contributed by atoms with Gasteiger partial charge >= 0.3 is 5.97 Å². The van der Waals surface area contributed by atoms with E-state index < -0.39 is 11.4 Å². The summed E-state index contributed by atoms with van der Waals surface area (Å²) < 4.78 is 6.00. The van der Waals surface area contributed by atoms with Gasteiger partial charge in [0.2, 0.25) is 5.91 Å². The first-order valence-electron chi connectivity index (χ1n) is 10.1. The van der Waals surface area contributed by atoms with E-state index in [9.17, 15) is 9.59 Å². The lowest BCUT2D eigenvalue weighted by Gasteiger charge is -2.17. The minimum absolute atomic E-state index is 0.113. The second kappa shape index (κ2) is 8.68. The topological polar surface area (TPSA) is 66.8 Å². The Morgan fingerprint density at radius 2 is 1.86 bits per heavy atom. The van der Waals surface area contributed by atoms with Crippen molar-refractivity contribution in [3.63, 3.8) is 0 Å². The number of carbonyl (C=O) groups is 2. The number of aliphatic carboxylic acids is 1. The van der Waals surface area contributed by atoms with Gasteiger partial charge in [0, 0.05) is 19.2 Å². The molecule has 1 N–H and O–H groups in total. The number of hydrogen-bond donors (Lipinski definition) is 1. The number of unbranched alkanes of at least 4 members (excludes halogenated alkanes) is 2. The van der Waals surface area contributed by atoms with Crippen molar-refractivity contribution in [2.24, 2.45) is 0 Å². The molecule has 5 nitrogen and oxygen atoms in total. The fourth-order valence-electron chi connectivity index (χ4n) is 3.85. The zero-order valence-corrected chi connectivity index (χ0v) is 17.4. The summed E-state index contributed by atoms with van der Waals surface area (Å²) in [6.07, 6.45) is 3.76.